The summed E-state index contributed by atoms with van der Waals surface area (Å²) in [6, 6.07) is 4.35. The van der Waals surface area contributed by atoms with Crippen LogP contribution in [0, 0.1) is 5.92 Å². The monoisotopic (exact) mass is 308 g/mol. The second-order valence-corrected chi connectivity index (χ2v) is 6.46. The number of carbonyl (C=O) groups is 1. The highest BCUT2D eigenvalue weighted by atomic mass is 35.5. The summed E-state index contributed by atoms with van der Waals surface area (Å²) >= 11 is 5.91. The van der Waals surface area contributed by atoms with Gasteiger partial charge in [-0.05, 0) is 31.9 Å². The zero-order valence-corrected chi connectivity index (χ0v) is 13.1. The van der Waals surface area contributed by atoms with Gasteiger partial charge in [0.05, 0.1) is 5.02 Å². The highest BCUT2D eigenvalue weighted by molar-refractivity contribution is 6.30. The van der Waals surface area contributed by atoms with Crippen molar-refractivity contribution in [2.24, 2.45) is 5.92 Å². The lowest BCUT2D eigenvalue weighted by Gasteiger charge is -2.31. The summed E-state index contributed by atoms with van der Waals surface area (Å²) in [7, 11) is 0. The molecule has 1 aromatic rings. The number of aromatic nitrogens is 1. The Hall–Kier alpha value is -0.970. The van der Waals surface area contributed by atoms with E-state index in [1.165, 1.54) is 0 Å². The molecule has 0 N–H and O–H groups in total. The average molecular weight is 309 g/mol. The second-order valence-electron chi connectivity index (χ2n) is 6.02. The largest absolute Gasteiger partial charge is 0.381 e. The number of likely N-dealkylation sites (tertiary alicyclic amines) is 1. The first-order valence-corrected chi connectivity index (χ1v) is 7.96. The third-order valence-corrected chi connectivity index (χ3v) is 4.93. The van der Waals surface area contributed by atoms with Crippen LogP contribution in [0.3, 0.4) is 0 Å². The van der Waals surface area contributed by atoms with Crippen LogP contribution in [-0.4, -0.2) is 48.0 Å². The molecule has 3 rings (SSSR count). The first-order valence-electron chi connectivity index (χ1n) is 7.59. The number of rotatable bonds is 3. The quantitative estimate of drug-likeness (QED) is 0.860. The Labute approximate surface area is 130 Å². The number of carbonyl (C=O) groups excluding carboxylic acids is 1. The SMILES string of the molecule is CC(=O)[C@@H]1CN(C2CCOCC2)C[C@H]1c1ccc(Cl)cn1. The van der Waals surface area contributed by atoms with E-state index < -0.39 is 0 Å². The Kier molecular flexibility index (Phi) is 4.57. The number of ketones is 1. The predicted octanol–water partition coefficient (Wildman–Crippen LogP) is 2.52. The van der Waals surface area contributed by atoms with Gasteiger partial charge in [-0.25, -0.2) is 0 Å². The molecule has 2 aliphatic heterocycles. The summed E-state index contributed by atoms with van der Waals surface area (Å²) in [5.74, 6) is 0.482. The second kappa shape index (κ2) is 6.42. The number of pyridine rings is 1. The molecular formula is C16H21ClN2O2. The first-order chi connectivity index (χ1) is 10.1. The van der Waals surface area contributed by atoms with E-state index in [9.17, 15) is 4.79 Å². The van der Waals surface area contributed by atoms with E-state index in [1.54, 1.807) is 13.1 Å². The third-order valence-electron chi connectivity index (χ3n) is 4.71. The van der Waals surface area contributed by atoms with Gasteiger partial charge in [0.1, 0.15) is 5.78 Å². The van der Waals surface area contributed by atoms with Crippen LogP contribution in [0.1, 0.15) is 31.4 Å². The van der Waals surface area contributed by atoms with Crippen LogP contribution in [0.5, 0.6) is 0 Å². The van der Waals surface area contributed by atoms with E-state index in [-0.39, 0.29) is 17.6 Å². The van der Waals surface area contributed by atoms with Crippen molar-refractivity contribution in [3.8, 4) is 0 Å². The van der Waals surface area contributed by atoms with Crippen molar-refractivity contribution in [1.82, 2.24) is 9.88 Å². The van der Waals surface area contributed by atoms with Gasteiger partial charge in [-0.3, -0.25) is 14.7 Å². The summed E-state index contributed by atoms with van der Waals surface area (Å²) in [4.78, 5) is 18.9. The fourth-order valence-electron chi connectivity index (χ4n) is 3.50. The number of nitrogens with zero attached hydrogens (tertiary/aromatic N) is 2. The van der Waals surface area contributed by atoms with Gasteiger partial charge in [-0.2, -0.15) is 0 Å². The van der Waals surface area contributed by atoms with Gasteiger partial charge in [-0.15, -0.1) is 0 Å². The number of Topliss-reactive ketones (excluding diaryl/α,β-unsaturated/α-hetero) is 1. The Morgan fingerprint density at radius 1 is 1.33 bits per heavy atom. The summed E-state index contributed by atoms with van der Waals surface area (Å²) in [6.45, 7) is 5.10. The Balaban J connectivity index is 1.78. The van der Waals surface area contributed by atoms with Crippen molar-refractivity contribution < 1.29 is 9.53 Å². The van der Waals surface area contributed by atoms with Gasteiger partial charge < -0.3 is 4.74 Å². The van der Waals surface area contributed by atoms with Crippen LogP contribution in [0.15, 0.2) is 18.3 Å². The summed E-state index contributed by atoms with van der Waals surface area (Å²) in [5, 5.41) is 0.636. The molecule has 0 saturated carbocycles. The predicted molar refractivity (Wildman–Crippen MR) is 81.6 cm³/mol. The van der Waals surface area contributed by atoms with Gasteiger partial charge in [0.2, 0.25) is 0 Å². The molecule has 5 heteroatoms. The van der Waals surface area contributed by atoms with Crippen molar-refractivity contribution in [2.45, 2.75) is 31.7 Å². The lowest BCUT2D eigenvalue weighted by Crippen LogP contribution is -2.38. The van der Waals surface area contributed by atoms with Gasteiger partial charge in [-0.1, -0.05) is 11.6 Å². The molecule has 0 bridgehead atoms. The van der Waals surface area contributed by atoms with Gasteiger partial charge in [0.15, 0.2) is 0 Å². The molecule has 0 aromatic carbocycles. The molecule has 0 radical (unpaired) electrons. The number of hydrogen-bond donors (Lipinski definition) is 0. The van der Waals surface area contributed by atoms with Crippen LogP contribution in [0.2, 0.25) is 5.02 Å². The zero-order chi connectivity index (χ0) is 14.8. The number of hydrogen-bond acceptors (Lipinski definition) is 4. The normalized spacial score (nSPS) is 27.9. The van der Waals surface area contributed by atoms with Crippen LogP contribution >= 0.6 is 11.6 Å². The third kappa shape index (κ3) is 3.28. The molecule has 2 fully saturated rings. The molecule has 21 heavy (non-hydrogen) atoms. The van der Waals surface area contributed by atoms with Crippen LogP contribution in [0.25, 0.3) is 0 Å². The van der Waals surface area contributed by atoms with Gasteiger partial charge in [0.25, 0.3) is 0 Å². The minimum Gasteiger partial charge on any atom is -0.381 e. The average Bonchev–Trinajstić information content (AvgIpc) is 2.94. The van der Waals surface area contributed by atoms with Crippen molar-refractivity contribution in [3.05, 3.63) is 29.0 Å². The standard InChI is InChI=1S/C16H21ClN2O2/c1-11(20)14-9-19(13-4-6-21-7-5-13)10-15(14)16-3-2-12(17)8-18-16/h2-3,8,13-15H,4-7,9-10H2,1H3/t14-,15+/m0/s1. The van der Waals surface area contributed by atoms with E-state index >= 15 is 0 Å². The maximum absolute atomic E-state index is 12.0. The lowest BCUT2D eigenvalue weighted by molar-refractivity contribution is -0.120. The minimum atomic E-state index is 0.0431. The van der Waals surface area contributed by atoms with Gasteiger partial charge >= 0.3 is 0 Å². The number of halogens is 1. The molecule has 114 valence electrons. The lowest BCUT2D eigenvalue weighted by atomic mass is 9.90. The fraction of sp³-hybridized carbons (Fsp3) is 0.625. The van der Waals surface area contributed by atoms with Crippen molar-refractivity contribution >= 4 is 17.4 Å². The molecular weight excluding hydrogens is 288 g/mol. The Bertz CT molecular complexity index is 500. The summed E-state index contributed by atoms with van der Waals surface area (Å²) < 4.78 is 5.44. The highest BCUT2D eigenvalue weighted by Crippen LogP contribution is 2.35. The Morgan fingerprint density at radius 3 is 2.71 bits per heavy atom. The van der Waals surface area contributed by atoms with Crippen molar-refractivity contribution in [3.63, 3.8) is 0 Å². The molecule has 1 aromatic heterocycles. The molecule has 0 aliphatic carbocycles. The molecule has 2 saturated heterocycles. The topological polar surface area (TPSA) is 42.4 Å². The fourth-order valence-corrected chi connectivity index (χ4v) is 3.61. The minimum absolute atomic E-state index is 0.0431. The molecule has 4 nitrogen and oxygen atoms in total. The van der Waals surface area contributed by atoms with E-state index in [2.05, 4.69) is 9.88 Å². The van der Waals surface area contributed by atoms with Crippen LogP contribution in [-0.2, 0) is 9.53 Å². The summed E-state index contributed by atoms with van der Waals surface area (Å²) in [6.07, 6.45) is 3.79. The maximum Gasteiger partial charge on any atom is 0.134 e. The number of ether oxygens (including phenoxy) is 1. The van der Waals surface area contributed by atoms with E-state index in [0.29, 0.717) is 11.1 Å². The molecule has 0 amide bonds. The van der Waals surface area contributed by atoms with E-state index in [4.69, 9.17) is 16.3 Å². The summed E-state index contributed by atoms with van der Waals surface area (Å²) in [5.41, 5.74) is 0.981. The molecule has 2 aliphatic rings. The molecule has 2 atom stereocenters. The maximum atomic E-state index is 12.0. The van der Waals surface area contributed by atoms with Gasteiger partial charge in [0, 0.05) is 56.1 Å². The van der Waals surface area contributed by atoms with Crippen molar-refractivity contribution in [2.75, 3.05) is 26.3 Å². The molecule has 0 unspecified atom stereocenters. The van der Waals surface area contributed by atoms with Crippen molar-refractivity contribution in [1.29, 1.82) is 0 Å². The first kappa shape index (κ1) is 14.9. The van der Waals surface area contributed by atoms with E-state index in [1.807, 2.05) is 12.1 Å². The zero-order valence-electron chi connectivity index (χ0n) is 12.3. The van der Waals surface area contributed by atoms with Crippen LogP contribution < -0.4 is 0 Å². The Morgan fingerprint density at radius 2 is 2.10 bits per heavy atom. The molecule has 3 heterocycles. The highest BCUT2D eigenvalue weighted by Gasteiger charge is 2.40. The smallest absolute Gasteiger partial charge is 0.134 e. The van der Waals surface area contributed by atoms with Crippen LogP contribution in [0.4, 0.5) is 0 Å². The molecule has 0 spiro atoms. The van der Waals surface area contributed by atoms with E-state index in [0.717, 1.165) is 44.8 Å².